The lowest BCUT2D eigenvalue weighted by Crippen LogP contribution is -2.33. The third-order valence-corrected chi connectivity index (χ3v) is 7.81. The minimum atomic E-state index is 0. The van der Waals surface area contributed by atoms with Gasteiger partial charge < -0.3 is 19.9 Å². The van der Waals surface area contributed by atoms with Gasteiger partial charge in [0.25, 0.3) is 5.91 Å². The average Bonchev–Trinajstić information content (AvgIpc) is 3.33. The number of rotatable bonds is 16. The van der Waals surface area contributed by atoms with Crippen molar-refractivity contribution in [1.82, 2.24) is 24.3 Å². The fourth-order valence-electron chi connectivity index (χ4n) is 5.45. The number of likely N-dealkylation sites (tertiary alicyclic amines) is 1. The number of carbonyl (C=O) groups is 1. The molecule has 1 saturated heterocycles. The molecule has 0 unspecified atom stereocenters. The Morgan fingerprint density at radius 1 is 0.878 bits per heavy atom. The molecule has 0 bridgehead atoms. The molecule has 0 aliphatic carbocycles. The van der Waals surface area contributed by atoms with Gasteiger partial charge in [-0.05, 0) is 88.1 Å². The molecule has 1 aromatic carbocycles. The van der Waals surface area contributed by atoms with Crippen molar-refractivity contribution in [3.05, 3.63) is 42.1 Å². The predicted octanol–water partition coefficient (Wildman–Crippen LogP) is 7.52. The van der Waals surface area contributed by atoms with E-state index in [-0.39, 0.29) is 13.3 Å². The van der Waals surface area contributed by atoms with Gasteiger partial charge in [0.05, 0.1) is 7.11 Å². The molecule has 2 aromatic heterocycles. The van der Waals surface area contributed by atoms with Gasteiger partial charge in [0.15, 0.2) is 5.65 Å². The summed E-state index contributed by atoms with van der Waals surface area (Å²) in [6.45, 7) is 10.2. The van der Waals surface area contributed by atoms with Gasteiger partial charge in [0, 0.05) is 25.3 Å². The van der Waals surface area contributed by atoms with Crippen LogP contribution in [-0.4, -0.2) is 70.1 Å². The number of piperidine rings is 1. The van der Waals surface area contributed by atoms with E-state index in [1.807, 2.05) is 41.3 Å². The van der Waals surface area contributed by atoms with Gasteiger partial charge in [0.1, 0.15) is 17.0 Å². The van der Waals surface area contributed by atoms with Crippen molar-refractivity contribution >= 4 is 28.7 Å². The number of fused-ring (bicyclic) bond motifs is 1. The fraction of sp³-hybridized carbons (Fsp3) is 0.606. The van der Waals surface area contributed by atoms with Crippen LogP contribution < -0.4 is 10.1 Å². The fourth-order valence-corrected chi connectivity index (χ4v) is 5.45. The number of hydrogen-bond acceptors (Lipinski definition) is 6. The topological polar surface area (TPSA) is 75.5 Å². The maximum atomic E-state index is 13.7. The molecule has 41 heavy (non-hydrogen) atoms. The van der Waals surface area contributed by atoms with E-state index < -0.39 is 0 Å². The lowest BCUT2D eigenvalue weighted by atomic mass is 10.1. The normalized spacial score (nSPS) is 13.6. The molecule has 8 nitrogen and oxygen atoms in total. The molecule has 0 atom stereocenters. The van der Waals surface area contributed by atoms with Crippen molar-refractivity contribution in [3.63, 3.8) is 0 Å². The highest BCUT2D eigenvalue weighted by Crippen LogP contribution is 2.25. The summed E-state index contributed by atoms with van der Waals surface area (Å²) in [4.78, 5) is 28.1. The zero-order chi connectivity index (χ0) is 28.2. The van der Waals surface area contributed by atoms with Gasteiger partial charge in [-0.1, -0.05) is 53.4 Å². The highest BCUT2D eigenvalue weighted by molar-refractivity contribution is 5.94. The quantitative estimate of drug-likeness (QED) is 0.181. The summed E-state index contributed by atoms with van der Waals surface area (Å²) in [7, 11) is 1.67. The molecule has 0 saturated carbocycles. The summed E-state index contributed by atoms with van der Waals surface area (Å²) < 4.78 is 7.47. The Hall–Kier alpha value is -3.13. The smallest absolute Gasteiger partial charge is 0.272 e. The SMILES string of the molecule is C.CCCCCN(CCCCC)C(=O)c1ccc2nc(Nc3ccc(OC)cc3)n(CCCN3CCCCC3)c2n1. The molecular weight excluding hydrogens is 512 g/mol. The molecule has 1 fully saturated rings. The van der Waals surface area contributed by atoms with E-state index in [9.17, 15) is 4.79 Å². The van der Waals surface area contributed by atoms with Crippen LogP contribution in [-0.2, 0) is 6.54 Å². The second-order valence-electron chi connectivity index (χ2n) is 10.9. The van der Waals surface area contributed by atoms with Crippen LogP contribution in [0.4, 0.5) is 11.6 Å². The number of benzene rings is 1. The first-order valence-electron chi connectivity index (χ1n) is 15.4. The van der Waals surface area contributed by atoms with Crippen LogP contribution in [0, 0.1) is 0 Å². The highest BCUT2D eigenvalue weighted by Gasteiger charge is 2.20. The van der Waals surface area contributed by atoms with Crippen LogP contribution in [0.5, 0.6) is 5.75 Å². The third-order valence-electron chi connectivity index (χ3n) is 7.81. The van der Waals surface area contributed by atoms with Crippen molar-refractivity contribution in [1.29, 1.82) is 0 Å². The molecule has 0 spiro atoms. The van der Waals surface area contributed by atoms with Crippen molar-refractivity contribution in [2.24, 2.45) is 0 Å². The Labute approximate surface area is 247 Å². The number of aromatic nitrogens is 3. The first-order valence-corrected chi connectivity index (χ1v) is 15.4. The minimum Gasteiger partial charge on any atom is -0.497 e. The van der Waals surface area contributed by atoms with E-state index in [1.165, 1.54) is 32.4 Å². The number of hydrogen-bond donors (Lipinski definition) is 1. The molecule has 1 aliphatic heterocycles. The molecule has 1 N–H and O–H groups in total. The van der Waals surface area contributed by atoms with E-state index in [0.717, 1.165) is 99.7 Å². The number of methoxy groups -OCH3 is 1. The van der Waals surface area contributed by atoms with E-state index in [2.05, 4.69) is 28.6 Å². The lowest BCUT2D eigenvalue weighted by Gasteiger charge is -2.26. The van der Waals surface area contributed by atoms with Gasteiger partial charge in [-0.2, -0.15) is 0 Å². The largest absolute Gasteiger partial charge is 0.497 e. The molecule has 3 heterocycles. The molecule has 0 radical (unpaired) electrons. The number of carbonyl (C=O) groups excluding carboxylic acids is 1. The maximum absolute atomic E-state index is 13.7. The zero-order valence-corrected chi connectivity index (χ0v) is 24.8. The van der Waals surface area contributed by atoms with Crippen LogP contribution in [0.3, 0.4) is 0 Å². The van der Waals surface area contributed by atoms with Crippen LogP contribution in [0.15, 0.2) is 36.4 Å². The molecule has 1 amide bonds. The van der Waals surface area contributed by atoms with Gasteiger partial charge in [-0.15, -0.1) is 0 Å². The summed E-state index contributed by atoms with van der Waals surface area (Å²) in [6.07, 6.45) is 11.5. The zero-order valence-electron chi connectivity index (χ0n) is 24.8. The standard InChI is InChI=1S/C32H48N6O2.CH4/c1-4-6-9-23-37(24-10-7-5-2)31(39)29-19-18-28-30(34-29)38(25-13-22-36-20-11-8-12-21-36)32(35-28)33-26-14-16-27(40-3)17-15-26;/h14-19H,4-13,20-25H2,1-3H3,(H,33,35);1H4. The van der Waals surface area contributed by atoms with Gasteiger partial charge in [-0.25, -0.2) is 9.97 Å². The third kappa shape index (κ3) is 9.18. The molecule has 8 heteroatoms. The Morgan fingerprint density at radius 3 is 2.20 bits per heavy atom. The van der Waals surface area contributed by atoms with Crippen molar-refractivity contribution in [2.45, 2.75) is 92.0 Å². The molecule has 1 aliphatic rings. The Bertz CT molecular complexity index is 1180. The van der Waals surface area contributed by atoms with E-state index in [1.54, 1.807) is 7.11 Å². The molecule has 3 aromatic rings. The molecule has 226 valence electrons. The first-order chi connectivity index (χ1) is 19.6. The second-order valence-corrected chi connectivity index (χ2v) is 10.9. The predicted molar refractivity (Wildman–Crippen MR) is 170 cm³/mol. The van der Waals surface area contributed by atoms with Crippen LogP contribution in [0.1, 0.15) is 96.0 Å². The summed E-state index contributed by atoms with van der Waals surface area (Å²) in [5, 5.41) is 3.49. The van der Waals surface area contributed by atoms with Crippen LogP contribution in [0.2, 0.25) is 0 Å². The summed E-state index contributed by atoms with van der Waals surface area (Å²) >= 11 is 0. The van der Waals surface area contributed by atoms with Crippen molar-refractivity contribution in [2.75, 3.05) is 45.2 Å². The number of unbranched alkanes of at least 4 members (excludes halogenated alkanes) is 4. The van der Waals surface area contributed by atoms with E-state index in [0.29, 0.717) is 5.69 Å². The first kappa shape index (κ1) is 32.4. The number of nitrogens with one attached hydrogen (secondary N) is 1. The van der Waals surface area contributed by atoms with Gasteiger partial charge >= 0.3 is 0 Å². The minimum absolute atomic E-state index is 0. The highest BCUT2D eigenvalue weighted by atomic mass is 16.5. The van der Waals surface area contributed by atoms with Gasteiger partial charge in [-0.3, -0.25) is 9.36 Å². The van der Waals surface area contributed by atoms with Gasteiger partial charge in [0.2, 0.25) is 5.95 Å². The van der Waals surface area contributed by atoms with Crippen LogP contribution in [0.25, 0.3) is 11.2 Å². The number of nitrogens with zero attached hydrogens (tertiary/aromatic N) is 5. The number of ether oxygens (including phenoxy) is 1. The Balaban J connectivity index is 0.00000462. The van der Waals surface area contributed by atoms with Crippen LogP contribution >= 0.6 is 0 Å². The van der Waals surface area contributed by atoms with Crippen molar-refractivity contribution in [3.8, 4) is 5.75 Å². The van der Waals surface area contributed by atoms with Crippen molar-refractivity contribution < 1.29 is 9.53 Å². The summed E-state index contributed by atoms with van der Waals surface area (Å²) in [5.41, 5.74) is 3.01. The number of aryl methyl sites for hydroxylation is 1. The van der Waals surface area contributed by atoms with E-state index >= 15 is 0 Å². The monoisotopic (exact) mass is 564 g/mol. The number of pyridine rings is 1. The number of imidazole rings is 1. The Morgan fingerprint density at radius 2 is 1.56 bits per heavy atom. The summed E-state index contributed by atoms with van der Waals surface area (Å²) in [5.74, 6) is 1.59. The lowest BCUT2D eigenvalue weighted by molar-refractivity contribution is 0.0744. The molecular formula is C33H52N6O2. The average molecular weight is 565 g/mol. The Kier molecular flexibility index (Phi) is 13.4. The summed E-state index contributed by atoms with van der Waals surface area (Å²) in [6, 6.07) is 11.6. The number of amides is 1. The molecule has 4 rings (SSSR count). The maximum Gasteiger partial charge on any atom is 0.272 e. The second kappa shape index (κ2) is 17.0. The number of anilines is 2. The van der Waals surface area contributed by atoms with E-state index in [4.69, 9.17) is 14.7 Å².